The Morgan fingerprint density at radius 3 is 2.75 bits per heavy atom. The van der Waals surface area contributed by atoms with E-state index in [1.54, 1.807) is 31.2 Å². The van der Waals surface area contributed by atoms with Crippen LogP contribution in [0.4, 0.5) is 10.1 Å². The number of carbonyl (C=O) groups is 1. The molecular formula is C20H17FN4O3. The van der Waals surface area contributed by atoms with Gasteiger partial charge in [-0.05, 0) is 26.0 Å². The van der Waals surface area contributed by atoms with Crippen molar-refractivity contribution < 1.29 is 18.7 Å². The Bertz CT molecular complexity index is 1130. The molecule has 0 unspecified atom stereocenters. The number of nitrogens with zero attached hydrogens (tertiary/aromatic N) is 2. The first-order valence-electron chi connectivity index (χ1n) is 8.22. The smallest absolute Gasteiger partial charge is 0.269 e. The van der Waals surface area contributed by atoms with E-state index in [0.29, 0.717) is 16.9 Å². The molecule has 28 heavy (non-hydrogen) atoms. The van der Waals surface area contributed by atoms with Crippen LogP contribution in [0.2, 0.25) is 0 Å². The van der Waals surface area contributed by atoms with Crippen molar-refractivity contribution in [3.05, 3.63) is 65.3 Å². The van der Waals surface area contributed by atoms with Gasteiger partial charge in [0.2, 0.25) is 5.89 Å². The van der Waals surface area contributed by atoms with E-state index in [1.165, 1.54) is 13.1 Å². The predicted octanol–water partition coefficient (Wildman–Crippen LogP) is 2.12. The highest BCUT2D eigenvalue weighted by Crippen LogP contribution is 2.25. The monoisotopic (exact) mass is 380 g/mol. The van der Waals surface area contributed by atoms with E-state index < -0.39 is 17.3 Å². The van der Waals surface area contributed by atoms with Gasteiger partial charge in [0.25, 0.3) is 5.91 Å². The largest absolute Gasteiger partial charge is 0.442 e. The Hall–Kier alpha value is -3.70. The summed E-state index contributed by atoms with van der Waals surface area (Å²) in [5.41, 5.74) is 9.63. The molecular weight excluding hydrogens is 363 g/mol. The van der Waals surface area contributed by atoms with Gasteiger partial charge >= 0.3 is 0 Å². The maximum Gasteiger partial charge on any atom is 0.269 e. The molecule has 1 atom stereocenters. The van der Waals surface area contributed by atoms with Crippen molar-refractivity contribution in [2.75, 3.05) is 5.73 Å². The number of hydrogen-bond acceptors (Lipinski definition) is 6. The zero-order valence-electron chi connectivity index (χ0n) is 15.2. The van der Waals surface area contributed by atoms with Crippen LogP contribution in [0.1, 0.15) is 34.6 Å². The van der Waals surface area contributed by atoms with Crippen LogP contribution in [0.15, 0.2) is 40.9 Å². The molecule has 0 fully saturated rings. The lowest BCUT2D eigenvalue weighted by atomic mass is 10.0. The summed E-state index contributed by atoms with van der Waals surface area (Å²) in [6, 6.07) is 7.49. The third-order valence-corrected chi connectivity index (χ3v) is 3.86. The van der Waals surface area contributed by atoms with Crippen LogP contribution in [0.3, 0.4) is 0 Å². The van der Waals surface area contributed by atoms with Crippen molar-refractivity contribution in [1.82, 2.24) is 9.97 Å². The van der Waals surface area contributed by atoms with Gasteiger partial charge in [-0.1, -0.05) is 24.0 Å². The standard InChI is InChI=1S/C20H17FN4O3/c1-11-10-24-19(28-11)20(2,27)7-6-12-4-3-5-13(8-12)16-14(21)9-15(22)17(25-16)18(23)26/h3-5,8-10,27H,22H2,1-2H3,(H2,23,26)/t20-/m1/s1. The molecule has 2 aromatic heterocycles. The molecule has 0 aliphatic carbocycles. The number of primary amides is 1. The molecule has 142 valence electrons. The Balaban J connectivity index is 1.99. The SMILES string of the molecule is Cc1cnc([C@](C)(O)C#Cc2cccc(-c3nc(C(N)=O)c(N)cc3F)c2)o1. The second-order valence-corrected chi connectivity index (χ2v) is 6.30. The zero-order valence-corrected chi connectivity index (χ0v) is 15.2. The van der Waals surface area contributed by atoms with Crippen molar-refractivity contribution >= 4 is 11.6 Å². The fraction of sp³-hybridized carbons (Fsp3) is 0.150. The summed E-state index contributed by atoms with van der Waals surface area (Å²) in [5, 5.41) is 10.5. The van der Waals surface area contributed by atoms with E-state index in [0.717, 1.165) is 6.07 Å². The van der Waals surface area contributed by atoms with Crippen molar-refractivity contribution in [1.29, 1.82) is 0 Å². The Labute approximate surface area is 160 Å². The lowest BCUT2D eigenvalue weighted by Gasteiger charge is -2.11. The van der Waals surface area contributed by atoms with Gasteiger partial charge in [-0.2, -0.15) is 0 Å². The van der Waals surface area contributed by atoms with Crippen LogP contribution < -0.4 is 11.5 Å². The number of aromatic nitrogens is 2. The van der Waals surface area contributed by atoms with E-state index >= 15 is 0 Å². The summed E-state index contributed by atoms with van der Waals surface area (Å²) in [5.74, 6) is 4.55. The van der Waals surface area contributed by atoms with E-state index in [-0.39, 0.29) is 23.0 Å². The molecule has 0 aliphatic heterocycles. The number of benzene rings is 1. The molecule has 0 bridgehead atoms. The van der Waals surface area contributed by atoms with Crippen LogP contribution >= 0.6 is 0 Å². The van der Waals surface area contributed by atoms with Crippen molar-refractivity contribution in [3.63, 3.8) is 0 Å². The van der Waals surface area contributed by atoms with Gasteiger partial charge in [0.05, 0.1) is 11.9 Å². The molecule has 2 heterocycles. The number of nitrogen functional groups attached to an aromatic ring is 1. The van der Waals surface area contributed by atoms with E-state index in [4.69, 9.17) is 15.9 Å². The van der Waals surface area contributed by atoms with Crippen LogP contribution in [-0.4, -0.2) is 21.0 Å². The third-order valence-electron chi connectivity index (χ3n) is 3.86. The third kappa shape index (κ3) is 3.84. The Morgan fingerprint density at radius 2 is 2.11 bits per heavy atom. The lowest BCUT2D eigenvalue weighted by Crippen LogP contribution is -2.18. The predicted molar refractivity (Wildman–Crippen MR) is 100 cm³/mol. The first kappa shape index (κ1) is 19.1. The summed E-state index contributed by atoms with van der Waals surface area (Å²) in [7, 11) is 0. The number of amides is 1. The molecule has 0 spiro atoms. The number of nitrogens with two attached hydrogens (primary N) is 2. The molecule has 0 saturated carbocycles. The highest BCUT2D eigenvalue weighted by atomic mass is 19.1. The van der Waals surface area contributed by atoms with Crippen molar-refractivity contribution in [3.8, 4) is 23.1 Å². The van der Waals surface area contributed by atoms with Gasteiger partial charge in [0.1, 0.15) is 11.5 Å². The Kier molecular flexibility index (Phi) is 4.86. The maximum absolute atomic E-state index is 14.3. The minimum absolute atomic E-state index is 0.0750. The van der Waals surface area contributed by atoms with Crippen molar-refractivity contribution in [2.24, 2.45) is 5.73 Å². The van der Waals surface area contributed by atoms with Crippen LogP contribution in [-0.2, 0) is 5.60 Å². The minimum Gasteiger partial charge on any atom is -0.442 e. The summed E-state index contributed by atoms with van der Waals surface area (Å²) in [6.45, 7) is 3.16. The second-order valence-electron chi connectivity index (χ2n) is 6.30. The average molecular weight is 380 g/mol. The Morgan fingerprint density at radius 1 is 1.36 bits per heavy atom. The highest BCUT2D eigenvalue weighted by molar-refractivity contribution is 5.96. The number of oxazole rings is 1. The van der Waals surface area contributed by atoms with Crippen molar-refractivity contribution in [2.45, 2.75) is 19.4 Å². The molecule has 0 radical (unpaired) electrons. The van der Waals surface area contributed by atoms with Gasteiger partial charge in [-0.3, -0.25) is 4.79 Å². The number of halogens is 1. The quantitative estimate of drug-likeness (QED) is 0.597. The number of pyridine rings is 1. The number of aliphatic hydroxyl groups is 1. The number of aryl methyl sites for hydroxylation is 1. The normalized spacial score (nSPS) is 12.7. The van der Waals surface area contributed by atoms with Crippen LogP contribution in [0.25, 0.3) is 11.3 Å². The number of carbonyl (C=O) groups excluding carboxylic acids is 1. The molecule has 8 heteroatoms. The van der Waals surface area contributed by atoms with Gasteiger partial charge in [-0.25, -0.2) is 14.4 Å². The maximum atomic E-state index is 14.3. The molecule has 1 amide bonds. The summed E-state index contributed by atoms with van der Waals surface area (Å²) in [6.07, 6.45) is 1.48. The van der Waals surface area contributed by atoms with Crippen LogP contribution in [0, 0.1) is 24.6 Å². The summed E-state index contributed by atoms with van der Waals surface area (Å²) in [4.78, 5) is 19.3. The lowest BCUT2D eigenvalue weighted by molar-refractivity contribution is 0.0882. The van der Waals surface area contributed by atoms with Crippen LogP contribution in [0.5, 0.6) is 0 Å². The average Bonchev–Trinajstić information content (AvgIpc) is 3.07. The number of hydrogen-bond donors (Lipinski definition) is 3. The molecule has 0 saturated heterocycles. The fourth-order valence-electron chi connectivity index (χ4n) is 2.47. The molecule has 0 aliphatic rings. The first-order chi connectivity index (χ1) is 13.2. The fourth-order valence-corrected chi connectivity index (χ4v) is 2.47. The number of rotatable bonds is 3. The topological polar surface area (TPSA) is 128 Å². The van der Waals surface area contributed by atoms with E-state index in [2.05, 4.69) is 21.8 Å². The van der Waals surface area contributed by atoms with Gasteiger partial charge in [0.15, 0.2) is 17.1 Å². The summed E-state index contributed by atoms with van der Waals surface area (Å²) < 4.78 is 19.6. The molecule has 7 nitrogen and oxygen atoms in total. The van der Waals surface area contributed by atoms with Gasteiger partial charge in [-0.15, -0.1) is 0 Å². The first-order valence-corrected chi connectivity index (χ1v) is 8.22. The van der Waals surface area contributed by atoms with Gasteiger partial charge < -0.3 is 21.0 Å². The molecule has 3 rings (SSSR count). The molecule has 1 aromatic carbocycles. The number of anilines is 1. The molecule has 5 N–H and O–H groups in total. The molecule has 3 aromatic rings. The van der Waals surface area contributed by atoms with E-state index in [9.17, 15) is 14.3 Å². The summed E-state index contributed by atoms with van der Waals surface area (Å²) >= 11 is 0. The van der Waals surface area contributed by atoms with E-state index in [1.807, 2.05) is 0 Å². The second kappa shape index (κ2) is 7.13. The van der Waals surface area contributed by atoms with Gasteiger partial charge in [0, 0.05) is 17.2 Å². The highest BCUT2D eigenvalue weighted by Gasteiger charge is 2.26. The minimum atomic E-state index is -1.60. The zero-order chi connectivity index (χ0) is 20.5.